The lowest BCUT2D eigenvalue weighted by Gasteiger charge is -2.23. The van der Waals surface area contributed by atoms with E-state index in [1.54, 1.807) is 16.8 Å². The van der Waals surface area contributed by atoms with Crippen LogP contribution in [-0.2, 0) is 9.59 Å². The topological polar surface area (TPSA) is 68.2 Å². The van der Waals surface area contributed by atoms with Gasteiger partial charge in [0.1, 0.15) is 0 Å². The lowest BCUT2D eigenvalue weighted by atomic mass is 9.85. The highest BCUT2D eigenvalue weighted by molar-refractivity contribution is 6.01. The van der Waals surface area contributed by atoms with E-state index in [0.717, 1.165) is 27.9 Å². The lowest BCUT2D eigenvalue weighted by molar-refractivity contribution is -0.134. The summed E-state index contributed by atoms with van der Waals surface area (Å²) in [6, 6.07) is 18.8. The van der Waals surface area contributed by atoms with E-state index in [4.69, 9.17) is 0 Å². The van der Waals surface area contributed by atoms with Gasteiger partial charge in [0.2, 0.25) is 11.8 Å². The van der Waals surface area contributed by atoms with Gasteiger partial charge in [-0.05, 0) is 53.8 Å². The molecule has 0 saturated carbocycles. The molecule has 2 heterocycles. The fraction of sp³-hybridized carbons (Fsp3) is 0.174. The van der Waals surface area contributed by atoms with Gasteiger partial charge in [-0.1, -0.05) is 36.4 Å². The van der Waals surface area contributed by atoms with Crippen LogP contribution in [-0.4, -0.2) is 16.4 Å². The van der Waals surface area contributed by atoms with Crippen molar-refractivity contribution in [2.24, 2.45) is 0 Å². The third-order valence-electron chi connectivity index (χ3n) is 5.27. The molecule has 4 rings (SSSR count). The lowest BCUT2D eigenvalue weighted by Crippen LogP contribution is -2.39. The van der Waals surface area contributed by atoms with Gasteiger partial charge in [0.25, 0.3) is 5.56 Å². The Bertz CT molecular complexity index is 1110. The maximum atomic E-state index is 12.3. The first kappa shape index (κ1) is 17.9. The van der Waals surface area contributed by atoms with Gasteiger partial charge in [0.15, 0.2) is 0 Å². The maximum absolute atomic E-state index is 12.3. The molecule has 1 saturated heterocycles. The molecule has 1 unspecified atom stereocenters. The molecular weight excluding hydrogens is 352 g/mol. The summed E-state index contributed by atoms with van der Waals surface area (Å²) in [5.41, 5.74) is 4.75. The molecule has 2 aromatic carbocycles. The largest absolute Gasteiger partial charge is 0.296 e. The van der Waals surface area contributed by atoms with Crippen LogP contribution in [0.1, 0.15) is 29.9 Å². The Morgan fingerprint density at radius 3 is 2.43 bits per heavy atom. The Labute approximate surface area is 162 Å². The Balaban J connectivity index is 1.69. The van der Waals surface area contributed by atoms with E-state index in [9.17, 15) is 14.4 Å². The molecule has 28 heavy (non-hydrogen) atoms. The summed E-state index contributed by atoms with van der Waals surface area (Å²) in [7, 11) is 0. The molecule has 1 aromatic heterocycles. The molecule has 1 aliphatic rings. The van der Waals surface area contributed by atoms with E-state index >= 15 is 0 Å². The number of nitrogens with zero attached hydrogens (tertiary/aromatic N) is 1. The normalized spacial score (nSPS) is 16.7. The number of piperidine rings is 1. The summed E-state index contributed by atoms with van der Waals surface area (Å²) in [5.74, 6) is -0.739. The smallest absolute Gasteiger partial charge is 0.255 e. The van der Waals surface area contributed by atoms with Crippen molar-refractivity contribution in [1.29, 1.82) is 0 Å². The quantitative estimate of drug-likeness (QED) is 0.717. The molecule has 1 fully saturated rings. The maximum Gasteiger partial charge on any atom is 0.255 e. The number of amides is 2. The fourth-order valence-corrected chi connectivity index (χ4v) is 3.78. The minimum atomic E-state index is -0.306. The Morgan fingerprint density at radius 1 is 0.929 bits per heavy atom. The van der Waals surface area contributed by atoms with Crippen LogP contribution in [0.5, 0.6) is 0 Å². The molecule has 1 atom stereocenters. The van der Waals surface area contributed by atoms with Crippen molar-refractivity contribution in [3.8, 4) is 16.8 Å². The minimum absolute atomic E-state index is 0.0775. The van der Waals surface area contributed by atoms with Crippen LogP contribution in [0, 0.1) is 6.92 Å². The number of hydrogen-bond acceptors (Lipinski definition) is 3. The molecule has 3 aromatic rings. The molecule has 0 bridgehead atoms. The molecule has 0 spiro atoms. The molecule has 5 nitrogen and oxygen atoms in total. The SMILES string of the molecule is Cc1c(-c2ccc(-n3ccccc3=O)cc2)cccc1C1CCC(=O)NC1=O. The van der Waals surface area contributed by atoms with Crippen molar-refractivity contribution in [2.75, 3.05) is 0 Å². The number of carbonyl (C=O) groups excluding carboxylic acids is 2. The van der Waals surface area contributed by atoms with Gasteiger partial charge in [0, 0.05) is 24.4 Å². The number of hydrogen-bond donors (Lipinski definition) is 1. The number of nitrogens with one attached hydrogen (secondary N) is 1. The van der Waals surface area contributed by atoms with Crippen molar-refractivity contribution in [3.63, 3.8) is 0 Å². The van der Waals surface area contributed by atoms with Crippen molar-refractivity contribution in [1.82, 2.24) is 9.88 Å². The summed E-state index contributed by atoms with van der Waals surface area (Å²) in [4.78, 5) is 35.7. The van der Waals surface area contributed by atoms with E-state index in [-0.39, 0.29) is 23.3 Å². The fourth-order valence-electron chi connectivity index (χ4n) is 3.78. The van der Waals surface area contributed by atoms with Gasteiger partial charge in [-0.3, -0.25) is 24.3 Å². The number of imide groups is 1. The summed E-state index contributed by atoms with van der Waals surface area (Å²) < 4.78 is 1.59. The summed E-state index contributed by atoms with van der Waals surface area (Å²) in [6.45, 7) is 2.00. The van der Waals surface area contributed by atoms with Crippen LogP contribution in [0.3, 0.4) is 0 Å². The zero-order chi connectivity index (χ0) is 19.7. The number of rotatable bonds is 3. The number of pyridine rings is 1. The first-order valence-corrected chi connectivity index (χ1v) is 9.26. The van der Waals surface area contributed by atoms with Gasteiger partial charge in [-0.25, -0.2) is 0 Å². The van der Waals surface area contributed by atoms with Gasteiger partial charge >= 0.3 is 0 Å². The van der Waals surface area contributed by atoms with Gasteiger partial charge < -0.3 is 0 Å². The van der Waals surface area contributed by atoms with Crippen molar-refractivity contribution < 1.29 is 9.59 Å². The van der Waals surface area contributed by atoms with Crippen LogP contribution in [0.2, 0.25) is 0 Å². The Kier molecular flexibility index (Phi) is 4.65. The highest BCUT2D eigenvalue weighted by atomic mass is 16.2. The van der Waals surface area contributed by atoms with Crippen molar-refractivity contribution in [2.45, 2.75) is 25.7 Å². The van der Waals surface area contributed by atoms with Gasteiger partial charge in [-0.2, -0.15) is 0 Å². The second kappa shape index (κ2) is 7.27. The van der Waals surface area contributed by atoms with Crippen LogP contribution in [0.15, 0.2) is 71.7 Å². The van der Waals surface area contributed by atoms with E-state index in [2.05, 4.69) is 5.32 Å². The van der Waals surface area contributed by atoms with Crippen LogP contribution < -0.4 is 10.9 Å². The van der Waals surface area contributed by atoms with Gasteiger partial charge in [-0.15, -0.1) is 0 Å². The molecule has 1 N–H and O–H groups in total. The van der Waals surface area contributed by atoms with Crippen LogP contribution in [0.25, 0.3) is 16.8 Å². The molecule has 2 amide bonds. The predicted molar refractivity (Wildman–Crippen MR) is 107 cm³/mol. The first-order valence-electron chi connectivity index (χ1n) is 9.26. The van der Waals surface area contributed by atoms with Gasteiger partial charge in [0.05, 0.1) is 5.92 Å². The van der Waals surface area contributed by atoms with Crippen molar-refractivity contribution >= 4 is 11.8 Å². The third-order valence-corrected chi connectivity index (χ3v) is 5.27. The van der Waals surface area contributed by atoms with Crippen molar-refractivity contribution in [3.05, 3.63) is 88.3 Å². The van der Waals surface area contributed by atoms with E-state index in [1.807, 2.05) is 55.5 Å². The van der Waals surface area contributed by atoms with Crippen LogP contribution in [0.4, 0.5) is 0 Å². The molecule has 5 heteroatoms. The standard InChI is InChI=1S/C23H20N2O3/c1-15-18(5-4-6-19(15)20-12-13-21(26)24-23(20)28)16-8-10-17(11-9-16)25-14-3-2-7-22(25)27/h2-11,14,20H,12-13H2,1H3,(H,24,26,28). The van der Waals surface area contributed by atoms with E-state index in [1.165, 1.54) is 6.07 Å². The number of aromatic nitrogens is 1. The molecule has 0 radical (unpaired) electrons. The molecule has 140 valence electrons. The average Bonchev–Trinajstić information content (AvgIpc) is 2.69. The summed E-state index contributed by atoms with van der Waals surface area (Å²) >= 11 is 0. The second-order valence-corrected chi connectivity index (χ2v) is 6.98. The predicted octanol–water partition coefficient (Wildman–Crippen LogP) is 3.33. The monoisotopic (exact) mass is 372 g/mol. The van der Waals surface area contributed by atoms with E-state index in [0.29, 0.717) is 12.8 Å². The zero-order valence-electron chi connectivity index (χ0n) is 15.5. The Hall–Kier alpha value is -3.47. The highest BCUT2D eigenvalue weighted by Gasteiger charge is 2.29. The average molecular weight is 372 g/mol. The highest BCUT2D eigenvalue weighted by Crippen LogP contribution is 2.33. The third kappa shape index (κ3) is 3.27. The Morgan fingerprint density at radius 2 is 1.71 bits per heavy atom. The molecule has 1 aliphatic heterocycles. The van der Waals surface area contributed by atoms with E-state index < -0.39 is 0 Å². The zero-order valence-corrected chi connectivity index (χ0v) is 15.5. The minimum Gasteiger partial charge on any atom is -0.296 e. The first-order chi connectivity index (χ1) is 13.5. The summed E-state index contributed by atoms with van der Waals surface area (Å²) in [6.07, 6.45) is 2.64. The number of carbonyl (C=O) groups is 2. The molecule has 0 aliphatic carbocycles. The second-order valence-electron chi connectivity index (χ2n) is 6.98. The summed E-state index contributed by atoms with van der Waals surface area (Å²) in [5, 5.41) is 2.43. The number of benzene rings is 2. The molecular formula is C23H20N2O3. The van der Waals surface area contributed by atoms with Crippen LogP contribution >= 0.6 is 0 Å².